The zero-order valence-corrected chi connectivity index (χ0v) is 15.3. The van der Waals surface area contributed by atoms with Crippen molar-refractivity contribution in [2.45, 2.75) is 36.8 Å². The van der Waals surface area contributed by atoms with Crippen molar-refractivity contribution in [2.24, 2.45) is 0 Å². The van der Waals surface area contributed by atoms with Crippen LogP contribution in [-0.2, 0) is 10.0 Å². The smallest absolute Gasteiger partial charge is 0.244 e. The summed E-state index contributed by atoms with van der Waals surface area (Å²) in [5, 5.41) is 0. The molecule has 1 aliphatic rings. The Balaban J connectivity index is 2.01. The average Bonchev–Trinajstić information content (AvgIpc) is 2.54. The molecule has 0 fully saturated rings. The first kappa shape index (κ1) is 17.6. The van der Waals surface area contributed by atoms with Gasteiger partial charge in [-0.2, -0.15) is 0 Å². The van der Waals surface area contributed by atoms with Crippen molar-refractivity contribution in [3.63, 3.8) is 0 Å². The number of benzene rings is 2. The fourth-order valence-corrected chi connectivity index (χ4v) is 4.46. The number of fused-ring (bicyclic) bond motifs is 1. The first-order valence-corrected chi connectivity index (χ1v) is 9.44. The number of hydrogen-bond donors (Lipinski definition) is 2. The number of ether oxygens (including phenoxy) is 2. The van der Waals surface area contributed by atoms with Crippen LogP contribution in [-0.4, -0.2) is 21.1 Å². The number of nitrogens with one attached hydrogen (secondary N) is 1. The van der Waals surface area contributed by atoms with Crippen molar-refractivity contribution < 1.29 is 17.9 Å². The first-order chi connectivity index (χ1) is 11.7. The number of methoxy groups -OCH3 is 1. The number of nitrogen functional groups attached to an aromatic ring is 1. The van der Waals surface area contributed by atoms with Gasteiger partial charge in [-0.25, -0.2) is 13.1 Å². The van der Waals surface area contributed by atoms with Gasteiger partial charge in [-0.15, -0.1) is 0 Å². The van der Waals surface area contributed by atoms with E-state index in [4.69, 9.17) is 15.2 Å². The van der Waals surface area contributed by atoms with Crippen molar-refractivity contribution >= 4 is 15.7 Å². The predicted molar refractivity (Wildman–Crippen MR) is 96.2 cm³/mol. The standard InChI is InChI=1S/C18H22N2O4S/c1-18(2)11-14(13-10-12(19)8-9-15(13)24-18)20-25(21,22)17-7-5-4-6-16(17)23-3/h4-10,14,20H,11,19H2,1-3H3. The molecule has 3 N–H and O–H groups in total. The summed E-state index contributed by atoms with van der Waals surface area (Å²) < 4.78 is 39.8. The van der Waals surface area contributed by atoms with Crippen molar-refractivity contribution in [3.8, 4) is 11.5 Å². The van der Waals surface area contributed by atoms with Gasteiger partial charge in [0, 0.05) is 17.7 Å². The van der Waals surface area contributed by atoms with E-state index in [-0.39, 0.29) is 4.90 Å². The Bertz CT molecular complexity index is 894. The molecule has 1 heterocycles. The topological polar surface area (TPSA) is 90.7 Å². The second-order valence-corrected chi connectivity index (χ2v) is 8.37. The van der Waals surface area contributed by atoms with Gasteiger partial charge in [0.05, 0.1) is 13.2 Å². The minimum absolute atomic E-state index is 0.104. The summed E-state index contributed by atoms with van der Waals surface area (Å²) in [5.41, 5.74) is 6.67. The lowest BCUT2D eigenvalue weighted by molar-refractivity contribution is 0.0702. The highest BCUT2D eigenvalue weighted by Crippen LogP contribution is 2.41. The van der Waals surface area contributed by atoms with Crippen LogP contribution in [0.4, 0.5) is 5.69 Å². The summed E-state index contributed by atoms with van der Waals surface area (Å²) >= 11 is 0. The van der Waals surface area contributed by atoms with Gasteiger partial charge in [-0.1, -0.05) is 12.1 Å². The van der Waals surface area contributed by atoms with E-state index >= 15 is 0 Å². The molecule has 2 aromatic rings. The summed E-state index contributed by atoms with van der Waals surface area (Å²) in [6.07, 6.45) is 0.484. The van der Waals surface area contributed by atoms with E-state index in [9.17, 15) is 8.42 Å². The molecule has 25 heavy (non-hydrogen) atoms. The molecular weight excluding hydrogens is 340 g/mol. The molecule has 3 rings (SSSR count). The maximum Gasteiger partial charge on any atom is 0.244 e. The Labute approximate surface area is 148 Å². The molecule has 134 valence electrons. The number of para-hydroxylation sites is 1. The average molecular weight is 362 g/mol. The highest BCUT2D eigenvalue weighted by molar-refractivity contribution is 7.89. The third-order valence-electron chi connectivity index (χ3n) is 4.15. The Kier molecular flexibility index (Phi) is 4.38. The summed E-state index contributed by atoms with van der Waals surface area (Å²) in [5.74, 6) is 0.937. The maximum atomic E-state index is 12.9. The molecule has 0 aromatic heterocycles. The highest BCUT2D eigenvalue weighted by atomic mass is 32.2. The summed E-state index contributed by atoms with van der Waals surface area (Å²) in [6, 6.07) is 11.3. The van der Waals surface area contributed by atoms with Crippen LogP contribution in [0.15, 0.2) is 47.4 Å². The monoisotopic (exact) mass is 362 g/mol. The van der Waals surface area contributed by atoms with E-state index in [1.165, 1.54) is 13.2 Å². The van der Waals surface area contributed by atoms with Crippen molar-refractivity contribution in [1.29, 1.82) is 0 Å². The zero-order chi connectivity index (χ0) is 18.2. The van der Waals surface area contributed by atoms with Gasteiger partial charge < -0.3 is 15.2 Å². The number of nitrogens with two attached hydrogens (primary N) is 1. The lowest BCUT2D eigenvalue weighted by Gasteiger charge is -2.37. The summed E-state index contributed by atoms with van der Waals surface area (Å²) in [6.45, 7) is 3.85. The van der Waals surface area contributed by atoms with Crippen LogP contribution in [0.1, 0.15) is 31.9 Å². The fraction of sp³-hybridized carbons (Fsp3) is 0.333. The van der Waals surface area contributed by atoms with Crippen LogP contribution in [0.3, 0.4) is 0 Å². The molecule has 0 spiro atoms. The van der Waals surface area contributed by atoms with Gasteiger partial charge in [-0.3, -0.25) is 0 Å². The second kappa shape index (κ2) is 6.24. The molecule has 1 atom stereocenters. The van der Waals surface area contributed by atoms with E-state index < -0.39 is 21.7 Å². The number of sulfonamides is 1. The van der Waals surface area contributed by atoms with Crippen molar-refractivity contribution in [2.75, 3.05) is 12.8 Å². The van der Waals surface area contributed by atoms with Crippen LogP contribution in [0.25, 0.3) is 0 Å². The SMILES string of the molecule is COc1ccccc1S(=O)(=O)NC1CC(C)(C)Oc2ccc(N)cc21. The van der Waals surface area contributed by atoms with Crippen LogP contribution >= 0.6 is 0 Å². The first-order valence-electron chi connectivity index (χ1n) is 7.96. The van der Waals surface area contributed by atoms with Crippen LogP contribution < -0.4 is 19.9 Å². The molecule has 0 aliphatic carbocycles. The highest BCUT2D eigenvalue weighted by Gasteiger charge is 2.36. The van der Waals surface area contributed by atoms with Gasteiger partial charge in [-0.05, 0) is 44.2 Å². The molecule has 6 nitrogen and oxygen atoms in total. The van der Waals surface area contributed by atoms with E-state index in [1.54, 1.807) is 36.4 Å². The molecular formula is C18H22N2O4S. The maximum absolute atomic E-state index is 12.9. The molecule has 0 saturated carbocycles. The Morgan fingerprint density at radius 2 is 1.96 bits per heavy atom. The number of anilines is 1. The van der Waals surface area contributed by atoms with Gasteiger partial charge in [0.1, 0.15) is 22.0 Å². The van der Waals surface area contributed by atoms with Crippen LogP contribution in [0, 0.1) is 0 Å². The molecule has 1 aliphatic heterocycles. The quantitative estimate of drug-likeness (QED) is 0.816. The molecule has 0 radical (unpaired) electrons. The normalized spacial score (nSPS) is 18.9. The summed E-state index contributed by atoms with van der Waals surface area (Å²) in [4.78, 5) is 0.104. The Morgan fingerprint density at radius 1 is 1.24 bits per heavy atom. The zero-order valence-electron chi connectivity index (χ0n) is 14.4. The molecule has 2 aromatic carbocycles. The molecule has 7 heteroatoms. The van der Waals surface area contributed by atoms with Crippen molar-refractivity contribution in [1.82, 2.24) is 4.72 Å². The van der Waals surface area contributed by atoms with Crippen LogP contribution in [0.5, 0.6) is 11.5 Å². The number of hydrogen-bond acceptors (Lipinski definition) is 5. The lowest BCUT2D eigenvalue weighted by Crippen LogP contribution is -2.41. The fourth-order valence-electron chi connectivity index (χ4n) is 3.07. The Hall–Kier alpha value is -2.25. The number of rotatable bonds is 4. The van der Waals surface area contributed by atoms with Crippen molar-refractivity contribution in [3.05, 3.63) is 48.0 Å². The third kappa shape index (κ3) is 3.57. The largest absolute Gasteiger partial charge is 0.495 e. The second-order valence-electron chi connectivity index (χ2n) is 6.69. The molecule has 0 saturated heterocycles. The van der Waals surface area contributed by atoms with Gasteiger partial charge >= 0.3 is 0 Å². The van der Waals surface area contributed by atoms with Gasteiger partial charge in [0.15, 0.2) is 0 Å². The summed E-state index contributed by atoms with van der Waals surface area (Å²) in [7, 11) is -2.33. The van der Waals surface area contributed by atoms with E-state index in [1.807, 2.05) is 13.8 Å². The van der Waals surface area contributed by atoms with E-state index in [0.29, 0.717) is 23.6 Å². The molecule has 0 amide bonds. The lowest BCUT2D eigenvalue weighted by atomic mass is 9.90. The molecule has 0 bridgehead atoms. The minimum atomic E-state index is -3.78. The van der Waals surface area contributed by atoms with Gasteiger partial charge in [0.25, 0.3) is 0 Å². The predicted octanol–water partition coefficient (Wildman–Crippen LogP) is 2.86. The third-order valence-corrected chi connectivity index (χ3v) is 5.66. The Morgan fingerprint density at radius 3 is 2.68 bits per heavy atom. The van der Waals surface area contributed by atoms with E-state index in [0.717, 1.165) is 5.56 Å². The minimum Gasteiger partial charge on any atom is -0.495 e. The molecule has 1 unspecified atom stereocenters. The van der Waals surface area contributed by atoms with Crippen LogP contribution in [0.2, 0.25) is 0 Å². The van der Waals surface area contributed by atoms with E-state index in [2.05, 4.69) is 4.72 Å². The van der Waals surface area contributed by atoms with Gasteiger partial charge in [0.2, 0.25) is 10.0 Å².